The van der Waals surface area contributed by atoms with Crippen molar-refractivity contribution in [1.82, 2.24) is 5.06 Å². The van der Waals surface area contributed by atoms with Crippen LogP contribution in [0.1, 0.15) is 44.7 Å². The number of benzene rings is 1. The van der Waals surface area contributed by atoms with Gasteiger partial charge in [0.25, 0.3) is 10.1 Å². The van der Waals surface area contributed by atoms with E-state index in [9.17, 15) is 18.3 Å². The molecular formula is C22H32N2O6S. The Kier molecular flexibility index (Phi) is 7.10. The first kappa shape index (κ1) is 23.7. The van der Waals surface area contributed by atoms with Crippen molar-refractivity contribution < 1.29 is 27.3 Å². The molecule has 1 saturated heterocycles. The lowest BCUT2D eigenvalue weighted by Crippen LogP contribution is -2.45. The van der Waals surface area contributed by atoms with Crippen molar-refractivity contribution >= 4 is 27.3 Å². The molecule has 2 aliphatic heterocycles. The van der Waals surface area contributed by atoms with Crippen molar-refractivity contribution in [1.29, 1.82) is 0 Å². The molecule has 0 saturated carbocycles. The van der Waals surface area contributed by atoms with Crippen LogP contribution in [0.15, 0.2) is 24.3 Å². The van der Waals surface area contributed by atoms with E-state index < -0.39 is 10.1 Å². The zero-order chi connectivity index (χ0) is 22.8. The fourth-order valence-corrected chi connectivity index (χ4v) is 5.61. The summed E-state index contributed by atoms with van der Waals surface area (Å²) in [4.78, 5) is 13.9. The van der Waals surface area contributed by atoms with E-state index in [0.717, 1.165) is 23.4 Å². The zero-order valence-corrected chi connectivity index (χ0v) is 19.4. The van der Waals surface area contributed by atoms with Crippen molar-refractivity contribution in [2.24, 2.45) is 5.92 Å². The van der Waals surface area contributed by atoms with E-state index in [-0.39, 0.29) is 29.8 Å². The SMILES string of the molecule is CCN1c2cc(CO)ccc2C(CS(=O)(=O)ON2CCC(C(=O)OC)CC2)=CC1(C)C. The second kappa shape index (κ2) is 9.28. The van der Waals surface area contributed by atoms with Crippen LogP contribution in [0.2, 0.25) is 0 Å². The van der Waals surface area contributed by atoms with Crippen LogP contribution in [-0.4, -0.2) is 62.6 Å². The number of aliphatic hydroxyl groups excluding tert-OH is 1. The number of nitrogens with zero attached hydrogens (tertiary/aromatic N) is 2. The lowest BCUT2D eigenvalue weighted by molar-refractivity contribution is -0.150. The zero-order valence-electron chi connectivity index (χ0n) is 18.6. The van der Waals surface area contributed by atoms with Crippen LogP contribution in [0.4, 0.5) is 5.69 Å². The van der Waals surface area contributed by atoms with Gasteiger partial charge in [-0.25, -0.2) is 0 Å². The number of carbonyl (C=O) groups excluding carboxylic acids is 1. The topological polar surface area (TPSA) is 96.4 Å². The number of likely N-dealkylation sites (N-methyl/N-ethyl adjacent to an activating group) is 1. The van der Waals surface area contributed by atoms with Gasteiger partial charge >= 0.3 is 5.97 Å². The minimum absolute atomic E-state index is 0.0761. The van der Waals surface area contributed by atoms with Crippen LogP contribution in [0.5, 0.6) is 0 Å². The number of rotatable bonds is 7. The van der Waals surface area contributed by atoms with Gasteiger partial charge in [-0.1, -0.05) is 18.2 Å². The third kappa shape index (κ3) is 5.28. The predicted molar refractivity (Wildman–Crippen MR) is 119 cm³/mol. The molecule has 0 radical (unpaired) electrons. The van der Waals surface area contributed by atoms with Crippen LogP contribution >= 0.6 is 0 Å². The number of hydrogen-bond acceptors (Lipinski definition) is 8. The maximum absolute atomic E-state index is 12.9. The smallest absolute Gasteiger partial charge is 0.308 e. The monoisotopic (exact) mass is 452 g/mol. The standard InChI is InChI=1S/C22H32N2O6S/c1-5-24-20-12-16(14-25)6-7-19(20)18(13-22(24,2)3)15-31(27,28)30-23-10-8-17(9-11-23)21(26)29-4/h6-7,12-13,17,25H,5,8-11,14-15H2,1-4H3. The van der Waals surface area contributed by atoms with Crippen molar-refractivity contribution in [3.63, 3.8) is 0 Å². The molecule has 172 valence electrons. The quantitative estimate of drug-likeness (QED) is 0.630. The second-order valence-electron chi connectivity index (χ2n) is 8.58. The van der Waals surface area contributed by atoms with Crippen LogP contribution < -0.4 is 4.90 Å². The summed E-state index contributed by atoms with van der Waals surface area (Å²) in [5, 5.41) is 11.0. The van der Waals surface area contributed by atoms with E-state index in [1.54, 1.807) is 0 Å². The van der Waals surface area contributed by atoms with Gasteiger partial charge in [0.1, 0.15) is 5.75 Å². The average Bonchev–Trinajstić information content (AvgIpc) is 2.72. The molecule has 1 fully saturated rings. The van der Waals surface area contributed by atoms with Gasteiger partial charge in [-0.2, -0.15) is 17.8 Å². The Hall–Kier alpha value is -1.94. The van der Waals surface area contributed by atoms with E-state index >= 15 is 0 Å². The first-order valence-corrected chi connectivity index (χ1v) is 12.2. The number of anilines is 1. The van der Waals surface area contributed by atoms with Crippen molar-refractivity contribution in [2.75, 3.05) is 37.4 Å². The molecule has 0 amide bonds. The third-order valence-corrected chi connectivity index (χ3v) is 7.06. The summed E-state index contributed by atoms with van der Waals surface area (Å²) >= 11 is 0. The Balaban J connectivity index is 1.78. The molecule has 2 aliphatic rings. The molecule has 1 N–H and O–H groups in total. The van der Waals surface area contributed by atoms with Gasteiger partial charge in [0, 0.05) is 30.9 Å². The van der Waals surface area contributed by atoms with Gasteiger partial charge in [0.05, 0.1) is 25.2 Å². The molecule has 9 heteroatoms. The molecule has 2 heterocycles. The number of hydroxylamine groups is 2. The van der Waals surface area contributed by atoms with E-state index in [1.165, 1.54) is 12.2 Å². The minimum atomic E-state index is -3.88. The number of fused-ring (bicyclic) bond motifs is 1. The molecule has 8 nitrogen and oxygen atoms in total. The van der Waals surface area contributed by atoms with Gasteiger partial charge in [0.15, 0.2) is 0 Å². The number of hydrogen-bond donors (Lipinski definition) is 1. The highest BCUT2D eigenvalue weighted by molar-refractivity contribution is 7.87. The fourth-order valence-electron chi connectivity index (χ4n) is 4.47. The molecule has 0 aromatic heterocycles. The highest BCUT2D eigenvalue weighted by Gasteiger charge is 2.34. The van der Waals surface area contributed by atoms with Crippen molar-refractivity contribution in [3.8, 4) is 0 Å². The maximum atomic E-state index is 12.9. The van der Waals surface area contributed by atoms with Gasteiger partial charge in [-0.3, -0.25) is 4.79 Å². The largest absolute Gasteiger partial charge is 0.469 e. The van der Waals surface area contributed by atoms with Gasteiger partial charge < -0.3 is 14.7 Å². The number of ether oxygens (including phenoxy) is 1. The van der Waals surface area contributed by atoms with Gasteiger partial charge in [-0.05, 0) is 50.8 Å². The number of aliphatic hydroxyl groups is 1. The number of esters is 1. The summed E-state index contributed by atoms with van der Waals surface area (Å²) in [5.74, 6) is -0.741. The summed E-state index contributed by atoms with van der Waals surface area (Å²) in [6.07, 6.45) is 2.97. The maximum Gasteiger partial charge on any atom is 0.308 e. The van der Waals surface area contributed by atoms with E-state index in [1.807, 2.05) is 45.0 Å². The molecule has 1 aromatic carbocycles. The molecule has 0 atom stereocenters. The van der Waals surface area contributed by atoms with E-state index in [0.29, 0.717) is 31.5 Å². The lowest BCUT2D eigenvalue weighted by atomic mass is 9.88. The summed E-state index contributed by atoms with van der Waals surface area (Å²) in [5.41, 5.74) is 2.81. The number of methoxy groups -OCH3 is 1. The molecule has 0 unspecified atom stereocenters. The van der Waals surface area contributed by atoms with Crippen molar-refractivity contribution in [2.45, 2.75) is 45.8 Å². The molecule has 1 aromatic rings. The average molecular weight is 453 g/mol. The highest BCUT2D eigenvalue weighted by Crippen LogP contribution is 2.40. The fraction of sp³-hybridized carbons (Fsp3) is 0.591. The Morgan fingerprint density at radius 1 is 1.26 bits per heavy atom. The highest BCUT2D eigenvalue weighted by atomic mass is 32.2. The Labute approximate surface area is 184 Å². The van der Waals surface area contributed by atoms with Crippen LogP contribution in [0.3, 0.4) is 0 Å². The molecule has 31 heavy (non-hydrogen) atoms. The summed E-state index contributed by atoms with van der Waals surface area (Å²) in [6.45, 7) is 7.50. The van der Waals surface area contributed by atoms with Gasteiger partial charge in [0.2, 0.25) is 0 Å². The predicted octanol–water partition coefficient (Wildman–Crippen LogP) is 2.33. The molecular weight excluding hydrogens is 420 g/mol. The Morgan fingerprint density at radius 3 is 2.52 bits per heavy atom. The molecule has 0 spiro atoms. The molecule has 0 bridgehead atoms. The second-order valence-corrected chi connectivity index (χ2v) is 10.1. The normalized spacial score (nSPS) is 19.6. The van der Waals surface area contributed by atoms with Crippen LogP contribution in [-0.2, 0) is 30.5 Å². The van der Waals surface area contributed by atoms with Gasteiger partial charge in [-0.15, -0.1) is 0 Å². The van der Waals surface area contributed by atoms with E-state index in [4.69, 9.17) is 9.02 Å². The van der Waals surface area contributed by atoms with E-state index in [2.05, 4.69) is 4.90 Å². The molecule has 0 aliphatic carbocycles. The molecule has 3 rings (SSSR count). The first-order valence-electron chi connectivity index (χ1n) is 10.6. The summed E-state index contributed by atoms with van der Waals surface area (Å²) in [7, 11) is -2.53. The summed E-state index contributed by atoms with van der Waals surface area (Å²) in [6, 6.07) is 5.59. The first-order chi connectivity index (χ1) is 14.6. The number of carbonyl (C=O) groups is 1. The van der Waals surface area contributed by atoms with Crippen molar-refractivity contribution in [3.05, 3.63) is 35.4 Å². The lowest BCUT2D eigenvalue weighted by Gasteiger charge is -2.43. The Morgan fingerprint density at radius 2 is 1.94 bits per heavy atom. The number of piperidine rings is 1. The van der Waals surface area contributed by atoms with Crippen LogP contribution in [0.25, 0.3) is 5.57 Å². The summed E-state index contributed by atoms with van der Waals surface area (Å²) < 4.78 is 35.9. The van der Waals surface area contributed by atoms with Crippen LogP contribution in [0, 0.1) is 5.92 Å². The Bertz CT molecular complexity index is 949. The third-order valence-electron chi connectivity index (χ3n) is 5.96. The minimum Gasteiger partial charge on any atom is -0.469 e.